The predicted octanol–water partition coefficient (Wildman–Crippen LogP) is 3.40. The average molecular weight is 393 g/mol. The molecule has 2 fully saturated rings. The first-order valence-corrected chi connectivity index (χ1v) is 11.3. The Kier molecular flexibility index (Phi) is 5.04. The Balaban J connectivity index is 1.59. The van der Waals surface area contributed by atoms with E-state index in [-0.39, 0.29) is 11.5 Å². The lowest BCUT2D eigenvalue weighted by molar-refractivity contribution is 0.153. The number of hydrogen-bond donors (Lipinski definition) is 1. The topological polar surface area (TPSA) is 52.5 Å². The van der Waals surface area contributed by atoms with Gasteiger partial charge in [0.1, 0.15) is 5.82 Å². The maximum Gasteiger partial charge on any atom is 0.161 e. The molecule has 5 heteroatoms. The van der Waals surface area contributed by atoms with E-state index >= 15 is 0 Å². The fourth-order valence-corrected chi connectivity index (χ4v) is 5.53. The number of aromatic nitrogens is 2. The van der Waals surface area contributed by atoms with Crippen molar-refractivity contribution in [2.75, 3.05) is 37.6 Å². The number of nitrogens with zero attached hydrogens (tertiary/aromatic N) is 4. The molecule has 1 aromatic carbocycles. The number of aliphatic hydroxyl groups excluding tert-OH is 1. The normalized spacial score (nSPS) is 24.1. The van der Waals surface area contributed by atoms with Gasteiger partial charge in [0.25, 0.3) is 0 Å². The quantitative estimate of drug-likeness (QED) is 0.868. The summed E-state index contributed by atoms with van der Waals surface area (Å²) >= 11 is 0. The van der Waals surface area contributed by atoms with Crippen molar-refractivity contribution in [2.45, 2.75) is 57.0 Å². The summed E-state index contributed by atoms with van der Waals surface area (Å²) in [6.07, 6.45) is 6.32. The highest BCUT2D eigenvalue weighted by Gasteiger charge is 2.44. The Morgan fingerprint density at radius 3 is 2.59 bits per heavy atom. The van der Waals surface area contributed by atoms with Crippen molar-refractivity contribution >= 4 is 5.82 Å². The Morgan fingerprint density at radius 2 is 1.86 bits per heavy atom. The van der Waals surface area contributed by atoms with Crippen LogP contribution in [0.5, 0.6) is 0 Å². The third kappa shape index (κ3) is 3.44. The van der Waals surface area contributed by atoms with E-state index in [1.807, 2.05) is 6.07 Å². The highest BCUT2D eigenvalue weighted by Crippen LogP contribution is 2.48. The zero-order chi connectivity index (χ0) is 19.8. The van der Waals surface area contributed by atoms with Crippen LogP contribution in [0, 0.1) is 0 Å². The van der Waals surface area contributed by atoms with Crippen molar-refractivity contribution < 1.29 is 5.11 Å². The summed E-state index contributed by atoms with van der Waals surface area (Å²) in [5.74, 6) is 1.93. The minimum absolute atomic E-state index is 0.205. The summed E-state index contributed by atoms with van der Waals surface area (Å²) in [6, 6.07) is 10.4. The maximum atomic E-state index is 10.3. The van der Waals surface area contributed by atoms with E-state index in [4.69, 9.17) is 9.97 Å². The Morgan fingerprint density at radius 1 is 1.07 bits per heavy atom. The molecule has 2 saturated heterocycles. The van der Waals surface area contributed by atoms with Crippen molar-refractivity contribution in [2.24, 2.45) is 0 Å². The minimum Gasteiger partial charge on any atom is -0.391 e. The lowest BCUT2D eigenvalue weighted by Crippen LogP contribution is -2.42. The molecule has 1 spiro atoms. The summed E-state index contributed by atoms with van der Waals surface area (Å²) in [6.45, 7) is 7.39. The molecule has 3 heterocycles. The number of piperidine rings is 2. The first-order chi connectivity index (χ1) is 14.2. The molecule has 1 aromatic heterocycles. The van der Waals surface area contributed by atoms with Crippen LogP contribution in [0.1, 0.15) is 50.3 Å². The molecule has 154 valence electrons. The number of fused-ring (bicyclic) bond motifs is 2. The van der Waals surface area contributed by atoms with E-state index in [0.29, 0.717) is 6.54 Å². The van der Waals surface area contributed by atoms with Crippen LogP contribution in [0.15, 0.2) is 30.3 Å². The zero-order valence-corrected chi connectivity index (χ0v) is 17.5. The molecular weight excluding hydrogens is 360 g/mol. The molecule has 0 radical (unpaired) electrons. The standard InChI is InChI=1S/C24H32N4O/c1-2-27-15-12-24(13-16-27)11-10-20-21(24)25-22(18-7-4-3-5-8-18)26-23(20)28-14-6-9-19(29)17-28/h3-5,7-8,19,29H,2,6,9-17H2,1H3. The minimum atomic E-state index is -0.252. The maximum absolute atomic E-state index is 10.3. The number of anilines is 1. The van der Waals surface area contributed by atoms with Gasteiger partial charge in [0.05, 0.1) is 11.8 Å². The molecular formula is C24H32N4O. The molecule has 2 aromatic rings. The molecule has 0 saturated carbocycles. The number of likely N-dealkylation sites (tertiary alicyclic amines) is 1. The van der Waals surface area contributed by atoms with Crippen molar-refractivity contribution in [1.82, 2.24) is 14.9 Å². The molecule has 1 atom stereocenters. The zero-order valence-electron chi connectivity index (χ0n) is 17.5. The fraction of sp³-hybridized carbons (Fsp3) is 0.583. The summed E-state index contributed by atoms with van der Waals surface area (Å²) in [5.41, 5.74) is 3.94. The summed E-state index contributed by atoms with van der Waals surface area (Å²) in [4.78, 5) is 15.2. The molecule has 1 unspecified atom stereocenters. The van der Waals surface area contributed by atoms with E-state index in [1.165, 1.54) is 43.6 Å². The van der Waals surface area contributed by atoms with Crippen LogP contribution < -0.4 is 4.90 Å². The molecule has 1 N–H and O–H groups in total. The first-order valence-electron chi connectivity index (χ1n) is 11.3. The third-order valence-corrected chi connectivity index (χ3v) is 7.33. The van der Waals surface area contributed by atoms with Crippen molar-refractivity contribution in [1.29, 1.82) is 0 Å². The van der Waals surface area contributed by atoms with Crippen molar-refractivity contribution in [3.63, 3.8) is 0 Å². The van der Waals surface area contributed by atoms with Gasteiger partial charge >= 0.3 is 0 Å². The highest BCUT2D eigenvalue weighted by atomic mass is 16.3. The Labute approximate surface area is 173 Å². The Bertz CT molecular complexity index is 861. The lowest BCUT2D eigenvalue weighted by Gasteiger charge is -2.39. The van der Waals surface area contributed by atoms with Crippen LogP contribution in [0.3, 0.4) is 0 Å². The Hall–Kier alpha value is -1.98. The van der Waals surface area contributed by atoms with E-state index in [0.717, 1.165) is 49.6 Å². The number of rotatable bonds is 3. The van der Waals surface area contributed by atoms with E-state index in [2.05, 4.69) is 41.0 Å². The monoisotopic (exact) mass is 392 g/mol. The van der Waals surface area contributed by atoms with Crippen LogP contribution in [-0.2, 0) is 11.8 Å². The van der Waals surface area contributed by atoms with Crippen LogP contribution in [-0.4, -0.2) is 58.8 Å². The van der Waals surface area contributed by atoms with Gasteiger partial charge in [0.15, 0.2) is 5.82 Å². The fourth-order valence-electron chi connectivity index (χ4n) is 5.53. The van der Waals surface area contributed by atoms with Gasteiger partial charge in [-0.1, -0.05) is 37.3 Å². The molecule has 1 aliphatic carbocycles. The van der Waals surface area contributed by atoms with E-state index in [1.54, 1.807) is 0 Å². The van der Waals surface area contributed by atoms with Crippen LogP contribution in [0.4, 0.5) is 5.82 Å². The molecule has 29 heavy (non-hydrogen) atoms. The summed E-state index contributed by atoms with van der Waals surface area (Å²) in [5, 5.41) is 10.3. The molecule has 5 rings (SSSR count). The van der Waals surface area contributed by atoms with Gasteiger partial charge in [-0.3, -0.25) is 0 Å². The summed E-state index contributed by atoms with van der Waals surface area (Å²) < 4.78 is 0. The van der Waals surface area contributed by atoms with Gasteiger partial charge in [-0.05, 0) is 58.2 Å². The smallest absolute Gasteiger partial charge is 0.161 e. The predicted molar refractivity (Wildman–Crippen MR) is 116 cm³/mol. The van der Waals surface area contributed by atoms with Gasteiger partial charge in [0.2, 0.25) is 0 Å². The van der Waals surface area contributed by atoms with Gasteiger partial charge in [-0.15, -0.1) is 0 Å². The van der Waals surface area contributed by atoms with Gasteiger partial charge in [0, 0.05) is 29.6 Å². The van der Waals surface area contributed by atoms with E-state index in [9.17, 15) is 5.11 Å². The number of aliphatic hydroxyl groups is 1. The molecule has 5 nitrogen and oxygen atoms in total. The second-order valence-corrected chi connectivity index (χ2v) is 9.02. The SMILES string of the molecule is CCN1CCC2(CCc3c(N4CCCC(O)C4)nc(-c4ccccc4)nc32)CC1. The van der Waals surface area contributed by atoms with Crippen molar-refractivity contribution in [3.05, 3.63) is 41.6 Å². The second kappa shape index (κ2) is 7.69. The van der Waals surface area contributed by atoms with Gasteiger partial charge in [-0.25, -0.2) is 9.97 Å². The highest BCUT2D eigenvalue weighted by molar-refractivity contribution is 5.63. The third-order valence-electron chi connectivity index (χ3n) is 7.33. The van der Waals surface area contributed by atoms with Crippen LogP contribution in [0.25, 0.3) is 11.4 Å². The van der Waals surface area contributed by atoms with Crippen LogP contribution in [0.2, 0.25) is 0 Å². The number of β-amino-alcohol motifs (C(OH)–C–C–N with tert-alkyl or cyclic N) is 1. The van der Waals surface area contributed by atoms with Crippen LogP contribution >= 0.6 is 0 Å². The largest absolute Gasteiger partial charge is 0.391 e. The average Bonchev–Trinajstić information content (AvgIpc) is 3.12. The second-order valence-electron chi connectivity index (χ2n) is 9.02. The molecule has 2 aliphatic heterocycles. The summed E-state index contributed by atoms with van der Waals surface area (Å²) in [7, 11) is 0. The molecule has 3 aliphatic rings. The number of hydrogen-bond acceptors (Lipinski definition) is 5. The number of benzene rings is 1. The van der Waals surface area contributed by atoms with Gasteiger partial charge < -0.3 is 14.9 Å². The van der Waals surface area contributed by atoms with Crippen molar-refractivity contribution in [3.8, 4) is 11.4 Å². The van der Waals surface area contributed by atoms with Gasteiger partial charge in [-0.2, -0.15) is 0 Å². The molecule has 0 bridgehead atoms. The molecule has 0 amide bonds. The van der Waals surface area contributed by atoms with E-state index < -0.39 is 0 Å². The lowest BCUT2D eigenvalue weighted by atomic mass is 9.76. The first kappa shape index (κ1) is 19.0.